The molecule has 0 bridgehead atoms. The summed E-state index contributed by atoms with van der Waals surface area (Å²) in [6, 6.07) is 5.46. The molecule has 0 radical (unpaired) electrons. The van der Waals surface area contributed by atoms with Crippen LogP contribution >= 0.6 is 11.6 Å². The minimum absolute atomic E-state index is 0.0289. The van der Waals surface area contributed by atoms with Gasteiger partial charge in [-0.2, -0.15) is 0 Å². The molecule has 2 N–H and O–H groups in total. The lowest BCUT2D eigenvalue weighted by atomic mass is 10.3. The molecule has 27 heavy (non-hydrogen) atoms. The number of nitrogens with one attached hydrogen (secondary N) is 2. The van der Waals surface area contributed by atoms with Crippen LogP contribution in [0, 0.1) is 5.82 Å². The van der Waals surface area contributed by atoms with Crippen molar-refractivity contribution in [2.45, 2.75) is 19.8 Å². The van der Waals surface area contributed by atoms with Crippen LogP contribution < -0.4 is 15.4 Å². The zero-order valence-electron chi connectivity index (χ0n) is 14.7. The van der Waals surface area contributed by atoms with Crippen molar-refractivity contribution in [2.75, 3.05) is 13.2 Å². The number of benzene rings is 1. The number of aromatic nitrogens is 1. The minimum Gasteiger partial charge on any atom is -0.484 e. The van der Waals surface area contributed by atoms with E-state index in [1.54, 1.807) is 6.07 Å². The maximum absolute atomic E-state index is 13.3. The first-order chi connectivity index (χ1) is 12.9. The molecular formula is C18H19ClFN3O4. The van der Waals surface area contributed by atoms with Crippen LogP contribution in [0.15, 0.2) is 41.1 Å². The summed E-state index contributed by atoms with van der Waals surface area (Å²) < 4.78 is 23.4. The molecule has 144 valence electrons. The summed E-state index contributed by atoms with van der Waals surface area (Å²) >= 11 is 5.57. The van der Waals surface area contributed by atoms with Crippen molar-refractivity contribution in [1.82, 2.24) is 15.8 Å². The predicted octanol–water partition coefficient (Wildman–Crippen LogP) is 2.86. The van der Waals surface area contributed by atoms with Gasteiger partial charge < -0.3 is 19.9 Å². The topological polar surface area (TPSA) is 93.5 Å². The summed E-state index contributed by atoms with van der Waals surface area (Å²) in [6.45, 7) is 5.55. The first-order valence-electron chi connectivity index (χ1n) is 8.18. The summed E-state index contributed by atoms with van der Waals surface area (Å²) in [6.07, 6.45) is 0.972. The highest BCUT2D eigenvalue weighted by atomic mass is 35.5. The molecule has 2 rings (SSSR count). The van der Waals surface area contributed by atoms with Crippen molar-refractivity contribution in [3.05, 3.63) is 58.8 Å². The molecule has 0 aliphatic rings. The number of hydrogen-bond donors (Lipinski definition) is 2. The van der Waals surface area contributed by atoms with E-state index >= 15 is 0 Å². The molecule has 0 fully saturated rings. The average Bonchev–Trinajstić information content (AvgIpc) is 3.12. The number of halogens is 2. The molecule has 0 aliphatic carbocycles. The van der Waals surface area contributed by atoms with Crippen LogP contribution in [0.3, 0.4) is 0 Å². The van der Waals surface area contributed by atoms with Crippen LogP contribution in [0.25, 0.3) is 0 Å². The van der Waals surface area contributed by atoms with Gasteiger partial charge in [0.15, 0.2) is 12.3 Å². The van der Waals surface area contributed by atoms with Gasteiger partial charge in [-0.05, 0) is 12.1 Å². The van der Waals surface area contributed by atoms with Gasteiger partial charge in [-0.3, -0.25) is 9.59 Å². The Morgan fingerprint density at radius 1 is 1.37 bits per heavy atom. The van der Waals surface area contributed by atoms with Gasteiger partial charge in [-0.25, -0.2) is 4.39 Å². The number of aryl methyl sites for hydroxylation is 1. The van der Waals surface area contributed by atoms with Gasteiger partial charge in [0.1, 0.15) is 17.3 Å². The molecule has 0 saturated carbocycles. The second kappa shape index (κ2) is 9.72. The highest BCUT2D eigenvalue weighted by molar-refractivity contribution is 6.30. The average molecular weight is 396 g/mol. The second-order valence-corrected chi connectivity index (χ2v) is 5.96. The van der Waals surface area contributed by atoms with Gasteiger partial charge in [-0.15, -0.1) is 0 Å². The zero-order chi connectivity index (χ0) is 19.8. The lowest BCUT2D eigenvalue weighted by Gasteiger charge is -2.10. The van der Waals surface area contributed by atoms with Crippen LogP contribution in [-0.2, 0) is 11.2 Å². The summed E-state index contributed by atoms with van der Waals surface area (Å²) in [5.74, 6) is -0.647. The Hall–Kier alpha value is -2.87. The monoisotopic (exact) mass is 395 g/mol. The molecule has 2 amide bonds. The molecule has 0 unspecified atom stereocenters. The van der Waals surface area contributed by atoms with E-state index in [9.17, 15) is 14.0 Å². The molecule has 7 nitrogen and oxygen atoms in total. The van der Waals surface area contributed by atoms with Gasteiger partial charge >= 0.3 is 0 Å². The Bertz CT molecular complexity index is 838. The minimum atomic E-state index is -0.632. The molecule has 1 aromatic heterocycles. The summed E-state index contributed by atoms with van der Waals surface area (Å²) in [5, 5.41) is 8.83. The van der Waals surface area contributed by atoms with Gasteiger partial charge in [0.05, 0.1) is 5.02 Å². The number of nitrogens with zero attached hydrogens (tertiary/aromatic N) is 1. The van der Waals surface area contributed by atoms with E-state index in [2.05, 4.69) is 22.4 Å². The fourth-order valence-corrected chi connectivity index (χ4v) is 2.13. The van der Waals surface area contributed by atoms with Crippen molar-refractivity contribution >= 4 is 23.4 Å². The standard InChI is InChI=1S/C18H19ClFN3O4/c1-3-12-9-16(23-27-12)18(25)21-7-6-11(2)22-17(24)10-26-13-4-5-14(19)15(20)8-13/h4-5,8-9H,2-3,6-7,10H2,1H3,(H,21,25)(H,22,24). The Morgan fingerprint density at radius 2 is 2.15 bits per heavy atom. The van der Waals surface area contributed by atoms with Gasteiger partial charge in [0, 0.05) is 37.2 Å². The lowest BCUT2D eigenvalue weighted by Crippen LogP contribution is -2.31. The molecule has 0 atom stereocenters. The molecule has 0 spiro atoms. The summed E-state index contributed by atoms with van der Waals surface area (Å²) in [7, 11) is 0. The Balaban J connectivity index is 1.67. The molecule has 0 aliphatic heterocycles. The lowest BCUT2D eigenvalue weighted by molar-refractivity contribution is -0.122. The van der Waals surface area contributed by atoms with Crippen molar-refractivity contribution in [3.8, 4) is 5.75 Å². The summed E-state index contributed by atoms with van der Waals surface area (Å²) in [5.41, 5.74) is 0.602. The Kier molecular flexibility index (Phi) is 7.36. The molecular weight excluding hydrogens is 377 g/mol. The van der Waals surface area contributed by atoms with E-state index in [1.807, 2.05) is 6.92 Å². The van der Waals surface area contributed by atoms with Crippen LogP contribution in [-0.4, -0.2) is 30.1 Å². The number of rotatable bonds is 9. The van der Waals surface area contributed by atoms with Crippen LogP contribution in [0.2, 0.25) is 5.02 Å². The van der Waals surface area contributed by atoms with Gasteiger partial charge in [0.2, 0.25) is 0 Å². The third-order valence-corrected chi connectivity index (χ3v) is 3.74. The SMILES string of the molecule is C=C(CCNC(=O)c1cc(CC)on1)NC(=O)COc1ccc(Cl)c(F)c1. The smallest absolute Gasteiger partial charge is 0.273 e. The second-order valence-electron chi connectivity index (χ2n) is 5.55. The van der Waals surface area contributed by atoms with Crippen LogP contribution in [0.1, 0.15) is 29.6 Å². The fourth-order valence-electron chi connectivity index (χ4n) is 2.02. The number of amides is 2. The van der Waals surface area contributed by atoms with Crippen LogP contribution in [0.4, 0.5) is 4.39 Å². The van der Waals surface area contributed by atoms with E-state index in [0.717, 1.165) is 6.07 Å². The van der Waals surface area contributed by atoms with E-state index in [4.69, 9.17) is 20.9 Å². The zero-order valence-corrected chi connectivity index (χ0v) is 15.4. The van der Waals surface area contributed by atoms with E-state index in [-0.39, 0.29) is 35.5 Å². The van der Waals surface area contributed by atoms with E-state index in [1.165, 1.54) is 12.1 Å². The number of hydrogen-bond acceptors (Lipinski definition) is 5. The Morgan fingerprint density at radius 3 is 2.81 bits per heavy atom. The molecule has 9 heteroatoms. The number of carbonyl (C=O) groups excluding carboxylic acids is 2. The molecule has 2 aromatic rings. The third-order valence-electron chi connectivity index (χ3n) is 3.43. The number of carbonyl (C=O) groups is 2. The van der Waals surface area contributed by atoms with Crippen LogP contribution in [0.5, 0.6) is 5.75 Å². The van der Waals surface area contributed by atoms with Crippen molar-refractivity contribution in [2.24, 2.45) is 0 Å². The highest BCUT2D eigenvalue weighted by Crippen LogP contribution is 2.20. The maximum atomic E-state index is 13.3. The first-order valence-corrected chi connectivity index (χ1v) is 8.56. The van der Waals surface area contributed by atoms with Gasteiger partial charge in [-0.1, -0.05) is 30.3 Å². The number of ether oxygens (including phenoxy) is 1. The largest absolute Gasteiger partial charge is 0.484 e. The molecule has 1 aromatic carbocycles. The van der Waals surface area contributed by atoms with Crippen molar-refractivity contribution in [1.29, 1.82) is 0 Å². The normalized spacial score (nSPS) is 10.3. The quantitative estimate of drug-likeness (QED) is 0.681. The summed E-state index contributed by atoms with van der Waals surface area (Å²) in [4.78, 5) is 23.7. The first kappa shape index (κ1) is 20.4. The predicted molar refractivity (Wildman–Crippen MR) is 97.0 cm³/mol. The fraction of sp³-hybridized carbons (Fsp3) is 0.278. The van der Waals surface area contributed by atoms with Crippen molar-refractivity contribution < 1.29 is 23.2 Å². The highest BCUT2D eigenvalue weighted by Gasteiger charge is 2.12. The van der Waals surface area contributed by atoms with Gasteiger partial charge in [0.25, 0.3) is 11.8 Å². The van der Waals surface area contributed by atoms with Crippen molar-refractivity contribution in [3.63, 3.8) is 0 Å². The maximum Gasteiger partial charge on any atom is 0.273 e. The van der Waals surface area contributed by atoms with E-state index in [0.29, 0.717) is 24.3 Å². The molecule has 1 heterocycles. The third kappa shape index (κ3) is 6.41. The van der Waals surface area contributed by atoms with E-state index < -0.39 is 11.7 Å². The Labute approximate surface area is 160 Å². The molecule has 0 saturated heterocycles.